The number of ether oxygens (including phenoxy) is 5. The van der Waals surface area contributed by atoms with Gasteiger partial charge in [0.25, 0.3) is 0 Å². The lowest BCUT2D eigenvalue weighted by Crippen LogP contribution is -2.61. The average Bonchev–Trinajstić information content (AvgIpc) is 3.37. The summed E-state index contributed by atoms with van der Waals surface area (Å²) in [7, 11) is 0. The average molecular weight is 1030 g/mol. The second kappa shape index (κ2) is 49.8. The first-order chi connectivity index (χ1) is 35.6. The summed E-state index contributed by atoms with van der Waals surface area (Å²) < 4.78 is 28.4. The number of unbranched alkanes of at least 4 members (excludes halogenated alkanes) is 31. The molecule has 0 aliphatic carbocycles. The molecule has 73 heavy (non-hydrogen) atoms. The van der Waals surface area contributed by atoms with Crippen LogP contribution in [0.3, 0.4) is 0 Å². The van der Waals surface area contributed by atoms with Crippen LogP contribution in [-0.4, -0.2) is 89.2 Å². The summed E-state index contributed by atoms with van der Waals surface area (Å²) in [5.41, 5.74) is 0. The van der Waals surface area contributed by atoms with Crippen LogP contribution in [0.2, 0.25) is 0 Å². The van der Waals surface area contributed by atoms with E-state index in [0.29, 0.717) is 19.3 Å². The predicted molar refractivity (Wildman–Crippen MR) is 294 cm³/mol. The highest BCUT2D eigenvalue weighted by molar-refractivity contribution is 5.74. The topological polar surface area (TPSA) is 175 Å². The molecule has 0 saturated carbocycles. The number of aliphatic hydroxyl groups excluding tert-OH is 2. The zero-order valence-corrected chi connectivity index (χ0v) is 46.6. The minimum absolute atomic E-state index is 0.0507. The lowest BCUT2D eigenvalue weighted by Gasteiger charge is -2.40. The molecule has 0 spiro atoms. The van der Waals surface area contributed by atoms with Gasteiger partial charge in [0.05, 0.1) is 6.61 Å². The fourth-order valence-corrected chi connectivity index (χ4v) is 9.03. The van der Waals surface area contributed by atoms with Crippen molar-refractivity contribution in [1.82, 2.24) is 0 Å². The molecule has 0 radical (unpaired) electrons. The van der Waals surface area contributed by atoms with Gasteiger partial charge in [-0.15, -0.1) is 0 Å². The summed E-state index contributed by atoms with van der Waals surface area (Å²) in [6.45, 7) is 5.93. The van der Waals surface area contributed by atoms with Crippen LogP contribution >= 0.6 is 0 Å². The summed E-state index contributed by atoms with van der Waals surface area (Å²) in [5.74, 6) is -3.13. The number of carboxylic acid groups (broad SMARTS) is 1. The second-order valence-corrected chi connectivity index (χ2v) is 20.6. The molecule has 6 unspecified atom stereocenters. The first-order valence-electron chi connectivity index (χ1n) is 30.0. The summed E-state index contributed by atoms with van der Waals surface area (Å²) in [5, 5.41) is 31.4. The van der Waals surface area contributed by atoms with Crippen LogP contribution in [0.25, 0.3) is 0 Å². The van der Waals surface area contributed by atoms with E-state index in [0.717, 1.165) is 103 Å². The Hall–Kier alpha value is -3.06. The Morgan fingerprint density at radius 3 is 1.32 bits per heavy atom. The third-order valence-electron chi connectivity index (χ3n) is 13.7. The Kier molecular flexibility index (Phi) is 46.4. The van der Waals surface area contributed by atoms with Gasteiger partial charge in [0.15, 0.2) is 24.6 Å². The van der Waals surface area contributed by atoms with Crippen molar-refractivity contribution in [3.63, 3.8) is 0 Å². The lowest BCUT2D eigenvalue weighted by molar-refractivity contribution is -0.301. The molecule has 1 saturated heterocycles. The van der Waals surface area contributed by atoms with Gasteiger partial charge in [0.1, 0.15) is 18.8 Å². The van der Waals surface area contributed by atoms with Crippen molar-refractivity contribution in [2.75, 3.05) is 13.2 Å². The number of carboxylic acids is 1. The Morgan fingerprint density at radius 2 is 0.836 bits per heavy atom. The zero-order valence-electron chi connectivity index (χ0n) is 46.6. The summed E-state index contributed by atoms with van der Waals surface area (Å²) in [6.07, 6.45) is 45.5. The molecule has 12 nitrogen and oxygen atoms in total. The van der Waals surface area contributed by atoms with Gasteiger partial charge in [-0.3, -0.25) is 14.4 Å². The number of esters is 3. The van der Waals surface area contributed by atoms with Crippen LogP contribution in [0.4, 0.5) is 0 Å². The molecule has 1 heterocycles. The second-order valence-electron chi connectivity index (χ2n) is 20.6. The van der Waals surface area contributed by atoms with Crippen molar-refractivity contribution in [2.45, 2.75) is 314 Å². The fraction of sp³-hybridized carbons (Fsp3) is 0.836. The number of hydrogen-bond donors (Lipinski definition) is 3. The maximum absolute atomic E-state index is 13.1. The molecule has 0 bridgehead atoms. The number of rotatable bonds is 51. The van der Waals surface area contributed by atoms with Gasteiger partial charge in [-0.05, 0) is 70.6 Å². The summed E-state index contributed by atoms with van der Waals surface area (Å²) in [4.78, 5) is 51.1. The molecule has 0 aromatic heterocycles. The molecule has 1 rings (SSSR count). The minimum Gasteiger partial charge on any atom is -0.479 e. The van der Waals surface area contributed by atoms with Crippen molar-refractivity contribution >= 4 is 23.9 Å². The van der Waals surface area contributed by atoms with Gasteiger partial charge < -0.3 is 39.0 Å². The first-order valence-corrected chi connectivity index (χ1v) is 30.0. The Morgan fingerprint density at radius 1 is 0.452 bits per heavy atom. The van der Waals surface area contributed by atoms with E-state index < -0.39 is 67.3 Å². The number of aliphatic hydroxyl groups is 2. The van der Waals surface area contributed by atoms with Crippen molar-refractivity contribution in [3.8, 4) is 0 Å². The number of hydrogen-bond acceptors (Lipinski definition) is 11. The Balaban J connectivity index is 2.68. The molecule has 0 aromatic carbocycles. The first kappa shape index (κ1) is 68.0. The van der Waals surface area contributed by atoms with Crippen LogP contribution in [0, 0.1) is 0 Å². The van der Waals surface area contributed by atoms with Crippen LogP contribution in [0.5, 0.6) is 0 Å². The number of aliphatic carboxylic acids is 1. The smallest absolute Gasteiger partial charge is 0.335 e. The molecule has 1 fully saturated rings. The third-order valence-corrected chi connectivity index (χ3v) is 13.7. The summed E-state index contributed by atoms with van der Waals surface area (Å²) in [6, 6.07) is 0. The highest BCUT2D eigenvalue weighted by Crippen LogP contribution is 2.26. The van der Waals surface area contributed by atoms with E-state index in [1.165, 1.54) is 116 Å². The van der Waals surface area contributed by atoms with Crippen LogP contribution < -0.4 is 0 Å². The molecule has 1 aliphatic rings. The SMILES string of the molecule is CCCC/C=C\CCCCCCCC(=O)OC1C(OCC(COC(=O)CCCCCCCCCCCCCCCCCCC)OC(=O)CCCCCCC/C=C\C/C=C\CCCCC)OC(C(=O)O)C(O)C1O. The van der Waals surface area contributed by atoms with Gasteiger partial charge in [-0.25, -0.2) is 4.79 Å². The van der Waals surface area contributed by atoms with E-state index in [9.17, 15) is 34.5 Å². The van der Waals surface area contributed by atoms with Crippen molar-refractivity contribution in [1.29, 1.82) is 0 Å². The highest BCUT2D eigenvalue weighted by Gasteiger charge is 2.50. The molecule has 0 aromatic rings. The van der Waals surface area contributed by atoms with Gasteiger partial charge in [0, 0.05) is 19.3 Å². The number of allylic oxidation sites excluding steroid dienone is 6. The van der Waals surface area contributed by atoms with E-state index in [-0.39, 0.29) is 25.9 Å². The monoisotopic (exact) mass is 1030 g/mol. The molecule has 1 aliphatic heterocycles. The van der Waals surface area contributed by atoms with Gasteiger partial charge in [-0.1, -0.05) is 224 Å². The zero-order chi connectivity index (χ0) is 53.3. The normalized spacial score (nSPS) is 18.5. The number of carbonyl (C=O) groups is 4. The third kappa shape index (κ3) is 39.9. The van der Waals surface area contributed by atoms with E-state index in [1.807, 2.05) is 0 Å². The quantitative estimate of drug-likeness (QED) is 0.0228. The minimum atomic E-state index is -1.90. The van der Waals surface area contributed by atoms with Crippen molar-refractivity contribution in [3.05, 3.63) is 36.5 Å². The van der Waals surface area contributed by atoms with Crippen LogP contribution in [0.1, 0.15) is 278 Å². The lowest BCUT2D eigenvalue weighted by atomic mass is 9.98. The molecule has 0 amide bonds. The maximum Gasteiger partial charge on any atom is 0.335 e. The Labute approximate surface area is 444 Å². The van der Waals surface area contributed by atoms with Crippen LogP contribution in [0.15, 0.2) is 36.5 Å². The van der Waals surface area contributed by atoms with Crippen molar-refractivity contribution in [2.24, 2.45) is 0 Å². The largest absolute Gasteiger partial charge is 0.479 e. The molecular formula is C61H108O12. The van der Waals surface area contributed by atoms with E-state index in [1.54, 1.807) is 0 Å². The Bertz CT molecular complexity index is 1410. The predicted octanol–water partition coefficient (Wildman–Crippen LogP) is 15.2. The van der Waals surface area contributed by atoms with E-state index >= 15 is 0 Å². The van der Waals surface area contributed by atoms with Gasteiger partial charge in [-0.2, -0.15) is 0 Å². The standard InChI is InChI=1S/C61H108O12/c1-4-7-10-13-16-19-22-24-26-27-29-30-33-35-38-41-44-47-53(62)69-50-52(71-54(63)48-45-42-39-37-34-31-28-25-23-20-17-14-11-8-5-2)51-70-61-59(57(66)56(65)58(73-61)60(67)68)72-55(64)49-46-43-40-36-32-21-18-15-12-9-6-3/h15,17-18,20,25,28,52,56-59,61,65-66H,4-14,16,19,21-24,26-27,29-51H2,1-3H3,(H,67,68)/b18-15-,20-17-,28-25-. The van der Waals surface area contributed by atoms with E-state index in [4.69, 9.17) is 23.7 Å². The van der Waals surface area contributed by atoms with Crippen LogP contribution in [-0.2, 0) is 42.9 Å². The van der Waals surface area contributed by atoms with Crippen molar-refractivity contribution < 1.29 is 58.2 Å². The molecule has 424 valence electrons. The molecule has 12 heteroatoms. The molecule has 3 N–H and O–H groups in total. The van der Waals surface area contributed by atoms with Gasteiger partial charge >= 0.3 is 23.9 Å². The highest BCUT2D eigenvalue weighted by atomic mass is 16.7. The van der Waals surface area contributed by atoms with E-state index in [2.05, 4.69) is 57.2 Å². The number of carbonyl (C=O) groups excluding carboxylic acids is 3. The maximum atomic E-state index is 13.1. The molecule has 6 atom stereocenters. The fourth-order valence-electron chi connectivity index (χ4n) is 9.03. The summed E-state index contributed by atoms with van der Waals surface area (Å²) >= 11 is 0. The molecular weight excluding hydrogens is 925 g/mol. The van der Waals surface area contributed by atoms with Gasteiger partial charge in [0.2, 0.25) is 0 Å².